The first-order chi connectivity index (χ1) is 30.7. The van der Waals surface area contributed by atoms with Crippen LogP contribution < -0.4 is 23.7 Å². The van der Waals surface area contributed by atoms with Gasteiger partial charge in [0.1, 0.15) is 59.3 Å². The minimum Gasteiger partial charge on any atom is -0.496 e. The highest BCUT2D eigenvalue weighted by atomic mass is 35.5. The Balaban J connectivity index is 1.09. The van der Waals surface area contributed by atoms with Crippen molar-refractivity contribution < 1.29 is 38.0 Å². The SMILES string of the molecule is COc1ccccc1-c1nccc(COc2ccc3cc2C[C@H](C(=O)O)Oc2ncnc4sc5c6ccc(F)cc6c6c(Cl)c(ccc6c5c24)O[C@H](CN2CCN(C)CC2)CO3)n1. The molecule has 3 aliphatic rings. The lowest BCUT2D eigenvalue weighted by atomic mass is 9.97. The third-order valence-corrected chi connectivity index (χ3v) is 13.0. The maximum absolute atomic E-state index is 15.1. The summed E-state index contributed by atoms with van der Waals surface area (Å²) in [5, 5.41) is 14.9. The van der Waals surface area contributed by atoms with Crippen LogP contribution in [0.3, 0.4) is 0 Å². The molecule has 5 aromatic carbocycles. The molecule has 1 fully saturated rings. The van der Waals surface area contributed by atoms with Gasteiger partial charge in [-0.05, 0) is 78.5 Å². The van der Waals surface area contributed by atoms with Crippen molar-refractivity contribution in [3.05, 3.63) is 113 Å². The number of likely N-dealkylation sites (N-methyl/N-ethyl adjacent to an activating group) is 1. The lowest BCUT2D eigenvalue weighted by Gasteiger charge is -2.34. The van der Waals surface area contributed by atoms with Gasteiger partial charge in [0.25, 0.3) is 0 Å². The second kappa shape index (κ2) is 17.1. The molecular weight excluding hydrogens is 847 g/mol. The summed E-state index contributed by atoms with van der Waals surface area (Å²) < 4.78 is 47.6. The summed E-state index contributed by atoms with van der Waals surface area (Å²) in [5.41, 5.74) is 1.85. The van der Waals surface area contributed by atoms with Crippen molar-refractivity contribution in [1.29, 1.82) is 0 Å². The predicted molar refractivity (Wildman–Crippen MR) is 239 cm³/mol. The Morgan fingerprint density at radius 3 is 2.60 bits per heavy atom. The third-order valence-electron chi connectivity index (χ3n) is 11.5. The molecule has 6 bridgehead atoms. The summed E-state index contributed by atoms with van der Waals surface area (Å²) in [6, 6.07) is 22.9. The molecule has 13 nitrogen and oxygen atoms in total. The lowest BCUT2D eigenvalue weighted by Crippen LogP contribution is -2.49. The number of ether oxygens (including phenoxy) is 5. The minimum atomic E-state index is -1.42. The molecule has 0 unspecified atom stereocenters. The van der Waals surface area contributed by atoms with E-state index < -0.39 is 24.0 Å². The standard InChI is InChI=1S/C47H40ClFN6O7S/c1-54-15-17-55(18-16-54)22-30-24-59-29-8-11-35(60-23-28-13-14-50-44(53-28)32-5-3-4-6-36(32)58-2)26(19-29)20-38(47(56)57)62-45-41-40-33-10-12-37(61-30)42(48)39(33)34-21-27(49)7-9-31(34)43(40)63-46(41)52-25-51-45/h3-14,19,21,25,30,38H,15-18,20,22-24H2,1-2H3,(H,56,57)/t30-,38-/m1/s1. The summed E-state index contributed by atoms with van der Waals surface area (Å²) in [4.78, 5) is 36.7. The molecule has 0 radical (unpaired) electrons. The van der Waals surface area contributed by atoms with Gasteiger partial charge in [0, 0.05) is 71.8 Å². The molecule has 8 aromatic rings. The summed E-state index contributed by atoms with van der Waals surface area (Å²) >= 11 is 8.75. The molecule has 16 heteroatoms. The van der Waals surface area contributed by atoms with Crippen molar-refractivity contribution in [2.75, 3.05) is 53.5 Å². The molecule has 0 aliphatic carbocycles. The third kappa shape index (κ3) is 7.97. The maximum Gasteiger partial charge on any atom is 0.345 e. The molecule has 3 aliphatic heterocycles. The molecule has 0 amide bonds. The molecule has 1 saturated heterocycles. The molecule has 0 saturated carbocycles. The summed E-state index contributed by atoms with van der Waals surface area (Å²) in [6.07, 6.45) is 0.973. The van der Waals surface area contributed by atoms with Crippen LogP contribution in [0, 0.1) is 5.82 Å². The van der Waals surface area contributed by atoms with Crippen LogP contribution in [-0.4, -0.2) is 107 Å². The molecular formula is C47H40ClFN6O7S. The fourth-order valence-corrected chi connectivity index (χ4v) is 9.84. The van der Waals surface area contributed by atoms with Crippen LogP contribution in [0.25, 0.3) is 53.2 Å². The summed E-state index contributed by atoms with van der Waals surface area (Å²) in [7, 11) is 3.70. The van der Waals surface area contributed by atoms with E-state index in [2.05, 4.69) is 31.8 Å². The summed E-state index contributed by atoms with van der Waals surface area (Å²) in [5.74, 6) is 0.855. The quantitative estimate of drug-likeness (QED) is 0.146. The number of piperazine rings is 1. The topological polar surface area (TPSA) is 141 Å². The van der Waals surface area contributed by atoms with Crippen LogP contribution in [0.5, 0.6) is 28.9 Å². The van der Waals surface area contributed by atoms with E-state index in [0.717, 1.165) is 41.8 Å². The number of hydrogen-bond acceptors (Lipinski definition) is 13. The van der Waals surface area contributed by atoms with Crippen LogP contribution in [0.4, 0.5) is 4.39 Å². The van der Waals surface area contributed by atoms with Crippen LogP contribution in [0.1, 0.15) is 11.3 Å². The number of benzene rings is 5. The number of carbonyl (C=O) groups is 1. The van der Waals surface area contributed by atoms with Gasteiger partial charge in [-0.25, -0.2) is 29.1 Å². The van der Waals surface area contributed by atoms with Crippen LogP contribution in [0.15, 0.2) is 91.4 Å². The zero-order valence-electron chi connectivity index (χ0n) is 34.2. The van der Waals surface area contributed by atoms with Gasteiger partial charge in [-0.1, -0.05) is 29.8 Å². The van der Waals surface area contributed by atoms with Gasteiger partial charge in [0.2, 0.25) is 12.0 Å². The Hall–Kier alpha value is -6.39. The highest BCUT2D eigenvalue weighted by Crippen LogP contribution is 2.49. The molecule has 63 heavy (non-hydrogen) atoms. The smallest absolute Gasteiger partial charge is 0.345 e. The lowest BCUT2D eigenvalue weighted by molar-refractivity contribution is -0.145. The molecule has 320 valence electrons. The van der Waals surface area contributed by atoms with E-state index >= 15 is 4.39 Å². The average molecular weight is 887 g/mol. The number of para-hydroxylation sites is 1. The highest BCUT2D eigenvalue weighted by Gasteiger charge is 2.29. The molecule has 3 aromatic heterocycles. The number of hydrogen-bond donors (Lipinski definition) is 1. The van der Waals surface area contributed by atoms with Crippen molar-refractivity contribution >= 4 is 70.8 Å². The number of thiophene rings is 1. The maximum atomic E-state index is 15.1. The van der Waals surface area contributed by atoms with E-state index in [1.807, 2.05) is 36.4 Å². The second-order valence-corrected chi connectivity index (χ2v) is 17.0. The Morgan fingerprint density at radius 2 is 1.76 bits per heavy atom. The van der Waals surface area contributed by atoms with E-state index in [-0.39, 0.29) is 25.5 Å². The van der Waals surface area contributed by atoms with Gasteiger partial charge in [0.15, 0.2) is 5.82 Å². The Morgan fingerprint density at radius 1 is 0.921 bits per heavy atom. The minimum absolute atomic E-state index is 0.0523. The second-order valence-electron chi connectivity index (χ2n) is 15.6. The molecule has 2 atom stereocenters. The number of methoxy groups -OCH3 is 1. The molecule has 0 spiro atoms. The van der Waals surface area contributed by atoms with Crippen molar-refractivity contribution in [2.45, 2.75) is 25.2 Å². The normalized spacial score (nSPS) is 17.3. The van der Waals surface area contributed by atoms with Crippen molar-refractivity contribution in [1.82, 2.24) is 29.7 Å². The van der Waals surface area contributed by atoms with E-state index in [4.69, 9.17) is 40.3 Å². The Kier molecular flexibility index (Phi) is 11.0. The number of carboxylic acid groups (broad SMARTS) is 1. The fraction of sp³-hybridized carbons (Fsp3) is 0.255. The number of fused-ring (bicyclic) bond motifs is 8. The zero-order valence-corrected chi connectivity index (χ0v) is 35.8. The van der Waals surface area contributed by atoms with Gasteiger partial charge in [-0.2, -0.15) is 0 Å². The zero-order chi connectivity index (χ0) is 43.2. The van der Waals surface area contributed by atoms with Crippen molar-refractivity contribution in [3.8, 4) is 40.3 Å². The first-order valence-electron chi connectivity index (χ1n) is 20.4. The van der Waals surface area contributed by atoms with Crippen LogP contribution in [0.2, 0.25) is 5.02 Å². The van der Waals surface area contributed by atoms with Gasteiger partial charge in [0.05, 0.1) is 28.8 Å². The van der Waals surface area contributed by atoms with Crippen molar-refractivity contribution in [3.63, 3.8) is 0 Å². The fourth-order valence-electron chi connectivity index (χ4n) is 8.34. The molecule has 6 heterocycles. The van der Waals surface area contributed by atoms with E-state index in [0.29, 0.717) is 83.4 Å². The Labute approximate surface area is 369 Å². The molecule has 1 N–H and O–H groups in total. The number of rotatable bonds is 8. The number of halogens is 2. The van der Waals surface area contributed by atoms with Gasteiger partial charge in [-0.3, -0.25) is 4.90 Å². The first kappa shape index (κ1) is 40.7. The number of aromatic nitrogens is 4. The van der Waals surface area contributed by atoms with E-state index in [1.165, 1.54) is 29.8 Å². The van der Waals surface area contributed by atoms with Gasteiger partial charge < -0.3 is 33.7 Å². The number of aliphatic carboxylic acids is 1. The number of carboxylic acids is 1. The largest absolute Gasteiger partial charge is 0.496 e. The van der Waals surface area contributed by atoms with Crippen LogP contribution >= 0.6 is 22.9 Å². The van der Waals surface area contributed by atoms with Gasteiger partial charge in [-0.15, -0.1) is 11.3 Å². The predicted octanol–water partition coefficient (Wildman–Crippen LogP) is 8.45. The monoisotopic (exact) mass is 886 g/mol. The van der Waals surface area contributed by atoms with E-state index in [9.17, 15) is 9.90 Å². The highest BCUT2D eigenvalue weighted by molar-refractivity contribution is 7.26. The van der Waals surface area contributed by atoms with E-state index in [1.54, 1.807) is 43.6 Å². The molecule has 11 rings (SSSR count). The average Bonchev–Trinajstić information content (AvgIpc) is 3.69. The Bertz CT molecular complexity index is 3060. The summed E-state index contributed by atoms with van der Waals surface area (Å²) in [6.45, 7) is 4.24. The van der Waals surface area contributed by atoms with Crippen molar-refractivity contribution in [2.24, 2.45) is 0 Å². The van der Waals surface area contributed by atoms with Crippen LogP contribution in [-0.2, 0) is 17.8 Å². The number of nitrogens with zero attached hydrogens (tertiary/aromatic N) is 6. The van der Waals surface area contributed by atoms with Gasteiger partial charge >= 0.3 is 5.97 Å². The first-order valence-corrected chi connectivity index (χ1v) is 21.6.